The van der Waals surface area contributed by atoms with Crippen molar-refractivity contribution in [3.8, 4) is 0 Å². The minimum Gasteiger partial charge on any atom is -0.373 e. The fraction of sp³-hybridized carbons (Fsp3) is 0.211. The summed E-state index contributed by atoms with van der Waals surface area (Å²) in [4.78, 5) is 4.24. The highest BCUT2D eigenvalue weighted by Gasteiger charge is 2.39. The maximum absolute atomic E-state index is 12.9. The van der Waals surface area contributed by atoms with Gasteiger partial charge in [-0.25, -0.2) is 4.98 Å². The SMILES string of the molecule is COCn1ccnc1C(O)(c1ccccc1)c1ccc(C(F)(F)F)cc1. The average molecular weight is 362 g/mol. The molecule has 136 valence electrons. The lowest BCUT2D eigenvalue weighted by atomic mass is 9.85. The molecule has 0 aliphatic rings. The van der Waals surface area contributed by atoms with Crippen LogP contribution in [0.3, 0.4) is 0 Å². The van der Waals surface area contributed by atoms with Crippen molar-refractivity contribution in [3.63, 3.8) is 0 Å². The molecule has 0 aliphatic carbocycles. The first kappa shape index (κ1) is 18.2. The van der Waals surface area contributed by atoms with Crippen LogP contribution in [-0.4, -0.2) is 21.8 Å². The highest BCUT2D eigenvalue weighted by molar-refractivity contribution is 5.43. The van der Waals surface area contributed by atoms with E-state index >= 15 is 0 Å². The number of aromatic nitrogens is 2. The van der Waals surface area contributed by atoms with E-state index in [1.54, 1.807) is 41.1 Å². The average Bonchev–Trinajstić information content (AvgIpc) is 3.10. The molecule has 1 heterocycles. The Morgan fingerprint density at radius 1 is 0.962 bits per heavy atom. The summed E-state index contributed by atoms with van der Waals surface area (Å²) < 4.78 is 45.4. The lowest BCUT2D eigenvalue weighted by molar-refractivity contribution is -0.137. The van der Waals surface area contributed by atoms with Gasteiger partial charge < -0.3 is 14.4 Å². The molecule has 26 heavy (non-hydrogen) atoms. The molecule has 0 spiro atoms. The fourth-order valence-corrected chi connectivity index (χ4v) is 2.88. The molecule has 4 nitrogen and oxygen atoms in total. The molecule has 3 rings (SSSR count). The molecule has 0 radical (unpaired) electrons. The van der Waals surface area contributed by atoms with Gasteiger partial charge in [0.25, 0.3) is 0 Å². The molecule has 0 saturated heterocycles. The molecule has 3 aromatic rings. The van der Waals surface area contributed by atoms with E-state index < -0.39 is 17.3 Å². The van der Waals surface area contributed by atoms with Crippen molar-refractivity contribution in [1.29, 1.82) is 0 Å². The highest BCUT2D eigenvalue weighted by atomic mass is 19.4. The largest absolute Gasteiger partial charge is 0.416 e. The monoisotopic (exact) mass is 362 g/mol. The fourth-order valence-electron chi connectivity index (χ4n) is 2.88. The van der Waals surface area contributed by atoms with Gasteiger partial charge in [-0.3, -0.25) is 0 Å². The van der Waals surface area contributed by atoms with E-state index in [1.165, 1.54) is 25.4 Å². The number of rotatable bonds is 5. The summed E-state index contributed by atoms with van der Waals surface area (Å²) in [5.74, 6) is 0.255. The second kappa shape index (κ2) is 6.93. The summed E-state index contributed by atoms with van der Waals surface area (Å²) in [6.45, 7) is 0.144. The molecule has 0 amide bonds. The van der Waals surface area contributed by atoms with Crippen molar-refractivity contribution >= 4 is 0 Å². The summed E-state index contributed by atoms with van der Waals surface area (Å²) in [7, 11) is 1.50. The Hall–Kier alpha value is -2.64. The summed E-state index contributed by atoms with van der Waals surface area (Å²) >= 11 is 0. The van der Waals surface area contributed by atoms with Gasteiger partial charge in [-0.2, -0.15) is 13.2 Å². The Balaban J connectivity index is 2.17. The predicted molar refractivity (Wildman–Crippen MR) is 89.2 cm³/mol. The van der Waals surface area contributed by atoms with Crippen LogP contribution < -0.4 is 0 Å². The lowest BCUT2D eigenvalue weighted by Crippen LogP contribution is -2.33. The molecule has 0 saturated carbocycles. The zero-order chi connectivity index (χ0) is 18.8. The van der Waals surface area contributed by atoms with Gasteiger partial charge in [0.1, 0.15) is 6.73 Å². The van der Waals surface area contributed by atoms with Crippen molar-refractivity contribution in [2.24, 2.45) is 0 Å². The third-order valence-corrected chi connectivity index (χ3v) is 4.13. The molecule has 1 N–H and O–H groups in total. The molecule has 1 atom stereocenters. The number of halogens is 3. The Kier molecular flexibility index (Phi) is 4.84. The van der Waals surface area contributed by atoms with Gasteiger partial charge in [0.15, 0.2) is 11.4 Å². The van der Waals surface area contributed by atoms with Gasteiger partial charge in [0.05, 0.1) is 5.56 Å². The summed E-state index contributed by atoms with van der Waals surface area (Å²) in [6.07, 6.45) is -1.30. The Morgan fingerprint density at radius 2 is 1.54 bits per heavy atom. The first-order chi connectivity index (χ1) is 12.4. The first-order valence-corrected chi connectivity index (χ1v) is 7.83. The number of nitrogens with zero attached hydrogens (tertiary/aromatic N) is 2. The second-order valence-electron chi connectivity index (χ2n) is 5.79. The van der Waals surface area contributed by atoms with Gasteiger partial charge in [0.2, 0.25) is 0 Å². The summed E-state index contributed by atoms with van der Waals surface area (Å²) in [5, 5.41) is 11.6. The Bertz CT molecular complexity index is 860. The van der Waals surface area contributed by atoms with E-state index in [1.807, 2.05) is 0 Å². The molecule has 0 bridgehead atoms. The molecule has 2 aromatic carbocycles. The van der Waals surface area contributed by atoms with Crippen LogP contribution >= 0.6 is 0 Å². The van der Waals surface area contributed by atoms with Crippen LogP contribution in [0, 0.1) is 0 Å². The van der Waals surface area contributed by atoms with Crippen LogP contribution in [0.1, 0.15) is 22.5 Å². The lowest BCUT2D eigenvalue weighted by Gasteiger charge is -2.29. The normalized spacial score (nSPS) is 14.2. The van der Waals surface area contributed by atoms with Gasteiger partial charge >= 0.3 is 6.18 Å². The zero-order valence-electron chi connectivity index (χ0n) is 13.9. The molecule has 7 heteroatoms. The van der Waals surface area contributed by atoms with E-state index in [0.29, 0.717) is 5.56 Å². The number of benzene rings is 2. The van der Waals surface area contributed by atoms with Gasteiger partial charge in [0, 0.05) is 19.5 Å². The predicted octanol–water partition coefficient (Wildman–Crippen LogP) is 3.79. The minimum atomic E-state index is -4.45. The van der Waals surface area contributed by atoms with Crippen LogP contribution in [0.25, 0.3) is 0 Å². The van der Waals surface area contributed by atoms with Crippen LogP contribution in [-0.2, 0) is 23.2 Å². The van der Waals surface area contributed by atoms with E-state index in [0.717, 1.165) is 12.1 Å². The van der Waals surface area contributed by atoms with Crippen LogP contribution in [0.2, 0.25) is 0 Å². The van der Waals surface area contributed by atoms with Crippen molar-refractivity contribution in [2.45, 2.75) is 18.5 Å². The number of imidazole rings is 1. The van der Waals surface area contributed by atoms with Crippen LogP contribution in [0.5, 0.6) is 0 Å². The van der Waals surface area contributed by atoms with E-state index in [-0.39, 0.29) is 18.1 Å². The van der Waals surface area contributed by atoms with Gasteiger partial charge in [-0.05, 0) is 23.3 Å². The number of hydrogen-bond donors (Lipinski definition) is 1. The van der Waals surface area contributed by atoms with Crippen molar-refractivity contribution < 1.29 is 23.0 Å². The maximum Gasteiger partial charge on any atom is 0.416 e. The van der Waals surface area contributed by atoms with Crippen molar-refractivity contribution in [2.75, 3.05) is 7.11 Å². The molecule has 0 fully saturated rings. The van der Waals surface area contributed by atoms with Crippen LogP contribution in [0.4, 0.5) is 13.2 Å². The van der Waals surface area contributed by atoms with Gasteiger partial charge in [-0.1, -0.05) is 42.5 Å². The highest BCUT2D eigenvalue weighted by Crippen LogP contribution is 2.37. The quantitative estimate of drug-likeness (QED) is 0.751. The van der Waals surface area contributed by atoms with Crippen molar-refractivity contribution in [1.82, 2.24) is 9.55 Å². The zero-order valence-corrected chi connectivity index (χ0v) is 13.9. The summed E-state index contributed by atoms with van der Waals surface area (Å²) in [5.41, 5.74) is -1.74. The number of hydrogen-bond acceptors (Lipinski definition) is 3. The van der Waals surface area contributed by atoms with E-state index in [9.17, 15) is 18.3 Å². The topological polar surface area (TPSA) is 47.3 Å². The second-order valence-corrected chi connectivity index (χ2v) is 5.79. The maximum atomic E-state index is 12.9. The van der Waals surface area contributed by atoms with E-state index in [4.69, 9.17) is 4.74 Å². The van der Waals surface area contributed by atoms with Gasteiger partial charge in [-0.15, -0.1) is 0 Å². The number of alkyl halides is 3. The number of aliphatic hydroxyl groups is 1. The molecule has 1 aromatic heterocycles. The molecular formula is C19H17F3N2O2. The van der Waals surface area contributed by atoms with E-state index in [2.05, 4.69) is 4.98 Å². The third kappa shape index (κ3) is 3.23. The smallest absolute Gasteiger partial charge is 0.373 e. The Labute approximate surface area is 148 Å². The standard InChI is InChI=1S/C19H17F3N2O2/c1-26-13-24-12-11-23-17(24)18(25,14-5-3-2-4-6-14)15-7-9-16(10-8-15)19(20,21)22/h2-12,25H,13H2,1H3. The minimum absolute atomic E-state index is 0.144. The molecule has 0 aliphatic heterocycles. The summed E-state index contributed by atoms with van der Waals surface area (Å²) in [6, 6.07) is 13.1. The first-order valence-electron chi connectivity index (χ1n) is 7.83. The molecular weight excluding hydrogens is 345 g/mol. The van der Waals surface area contributed by atoms with Crippen molar-refractivity contribution in [3.05, 3.63) is 89.5 Å². The Morgan fingerprint density at radius 3 is 2.12 bits per heavy atom. The number of ether oxygens (including phenoxy) is 1. The third-order valence-electron chi connectivity index (χ3n) is 4.13. The van der Waals surface area contributed by atoms with Crippen LogP contribution in [0.15, 0.2) is 67.0 Å². The molecule has 1 unspecified atom stereocenters. The number of methoxy groups -OCH3 is 1.